The van der Waals surface area contributed by atoms with E-state index in [0.29, 0.717) is 5.75 Å². The standard InChI is InChI=1S/C15H17FN2O/c1-3-13(17)14-7-5-11(9-18-14)19-15-8-10(2)4-6-12(15)16/h4-9,13H,3,17H2,1-2H3. The molecular weight excluding hydrogens is 243 g/mol. The molecule has 0 bridgehead atoms. The van der Waals surface area contributed by atoms with Crippen molar-refractivity contribution in [3.05, 3.63) is 53.6 Å². The zero-order valence-electron chi connectivity index (χ0n) is 11.1. The Hall–Kier alpha value is -1.94. The van der Waals surface area contributed by atoms with Gasteiger partial charge in [-0.25, -0.2) is 4.39 Å². The molecule has 0 aliphatic heterocycles. The Bertz CT molecular complexity index is 555. The summed E-state index contributed by atoms with van der Waals surface area (Å²) in [5.41, 5.74) is 7.62. The second kappa shape index (κ2) is 5.80. The van der Waals surface area contributed by atoms with Gasteiger partial charge in [-0.3, -0.25) is 4.98 Å². The van der Waals surface area contributed by atoms with Crippen LogP contribution in [0.2, 0.25) is 0 Å². The van der Waals surface area contributed by atoms with Crippen molar-refractivity contribution in [2.45, 2.75) is 26.3 Å². The minimum absolute atomic E-state index is 0.0789. The molecule has 1 heterocycles. The molecule has 0 saturated carbocycles. The summed E-state index contributed by atoms with van der Waals surface area (Å²) < 4.78 is 19.0. The molecule has 0 aliphatic rings. The van der Waals surface area contributed by atoms with Crippen LogP contribution in [-0.4, -0.2) is 4.98 Å². The molecule has 2 N–H and O–H groups in total. The van der Waals surface area contributed by atoms with Crippen LogP contribution in [0.15, 0.2) is 36.5 Å². The summed E-state index contributed by atoms with van der Waals surface area (Å²) in [5.74, 6) is 0.311. The van der Waals surface area contributed by atoms with Crippen molar-refractivity contribution in [3.63, 3.8) is 0 Å². The smallest absolute Gasteiger partial charge is 0.165 e. The third-order valence-electron chi connectivity index (χ3n) is 2.89. The molecule has 0 amide bonds. The minimum Gasteiger partial charge on any atom is -0.453 e. The SMILES string of the molecule is CCC(N)c1ccc(Oc2cc(C)ccc2F)cn1. The third kappa shape index (κ3) is 3.29. The van der Waals surface area contributed by atoms with Crippen molar-refractivity contribution < 1.29 is 9.13 Å². The summed E-state index contributed by atoms with van der Waals surface area (Å²) in [6, 6.07) is 8.21. The summed E-state index contributed by atoms with van der Waals surface area (Å²) in [6.45, 7) is 3.88. The lowest BCUT2D eigenvalue weighted by Gasteiger charge is -2.10. The predicted molar refractivity (Wildman–Crippen MR) is 72.7 cm³/mol. The van der Waals surface area contributed by atoms with E-state index in [1.54, 1.807) is 30.5 Å². The normalized spacial score (nSPS) is 12.2. The quantitative estimate of drug-likeness (QED) is 0.911. The number of aromatic nitrogens is 1. The Labute approximate surface area is 112 Å². The van der Waals surface area contributed by atoms with E-state index in [1.165, 1.54) is 6.07 Å². The van der Waals surface area contributed by atoms with Gasteiger partial charge in [-0.1, -0.05) is 13.0 Å². The first-order chi connectivity index (χ1) is 9.10. The summed E-state index contributed by atoms with van der Waals surface area (Å²) in [6.07, 6.45) is 2.38. The molecule has 4 heteroatoms. The molecule has 3 nitrogen and oxygen atoms in total. The number of aryl methyl sites for hydroxylation is 1. The number of ether oxygens (including phenoxy) is 1. The molecule has 0 saturated heterocycles. The van der Waals surface area contributed by atoms with Gasteiger partial charge in [0.2, 0.25) is 0 Å². The van der Waals surface area contributed by atoms with E-state index in [0.717, 1.165) is 17.7 Å². The molecule has 1 atom stereocenters. The maximum Gasteiger partial charge on any atom is 0.165 e. The van der Waals surface area contributed by atoms with Gasteiger partial charge in [0.15, 0.2) is 11.6 Å². The van der Waals surface area contributed by atoms with Crippen molar-refractivity contribution in [2.24, 2.45) is 5.73 Å². The Balaban J connectivity index is 2.17. The molecule has 19 heavy (non-hydrogen) atoms. The maximum atomic E-state index is 13.6. The fourth-order valence-corrected chi connectivity index (χ4v) is 1.70. The van der Waals surface area contributed by atoms with Crippen LogP contribution in [0.4, 0.5) is 4.39 Å². The van der Waals surface area contributed by atoms with Gasteiger partial charge in [0.25, 0.3) is 0 Å². The number of benzene rings is 1. The number of hydrogen-bond donors (Lipinski definition) is 1. The predicted octanol–water partition coefficient (Wildman–Crippen LogP) is 3.73. The average molecular weight is 260 g/mol. The van der Waals surface area contributed by atoms with Gasteiger partial charge in [0, 0.05) is 6.04 Å². The lowest BCUT2D eigenvalue weighted by atomic mass is 10.1. The fraction of sp³-hybridized carbons (Fsp3) is 0.267. The first-order valence-electron chi connectivity index (χ1n) is 6.25. The van der Waals surface area contributed by atoms with E-state index in [2.05, 4.69) is 4.98 Å². The lowest BCUT2D eigenvalue weighted by molar-refractivity contribution is 0.439. The van der Waals surface area contributed by atoms with Crippen LogP contribution >= 0.6 is 0 Å². The summed E-state index contributed by atoms with van der Waals surface area (Å²) in [4.78, 5) is 4.23. The van der Waals surface area contributed by atoms with Crippen molar-refractivity contribution in [1.82, 2.24) is 4.98 Å². The third-order valence-corrected chi connectivity index (χ3v) is 2.89. The zero-order valence-corrected chi connectivity index (χ0v) is 11.1. The highest BCUT2D eigenvalue weighted by molar-refractivity contribution is 5.34. The number of pyridine rings is 1. The maximum absolute atomic E-state index is 13.6. The van der Waals surface area contributed by atoms with Crippen LogP contribution in [0.1, 0.15) is 30.6 Å². The second-order valence-electron chi connectivity index (χ2n) is 4.47. The summed E-state index contributed by atoms with van der Waals surface area (Å²) in [5, 5.41) is 0. The van der Waals surface area contributed by atoms with Crippen LogP contribution in [0.25, 0.3) is 0 Å². The highest BCUT2D eigenvalue weighted by Crippen LogP contribution is 2.25. The Morgan fingerprint density at radius 2 is 2.11 bits per heavy atom. The van der Waals surface area contributed by atoms with Gasteiger partial charge in [-0.05, 0) is 43.2 Å². The Kier molecular flexibility index (Phi) is 4.12. The van der Waals surface area contributed by atoms with Crippen LogP contribution in [0, 0.1) is 12.7 Å². The largest absolute Gasteiger partial charge is 0.453 e. The highest BCUT2D eigenvalue weighted by atomic mass is 19.1. The van der Waals surface area contributed by atoms with E-state index < -0.39 is 0 Å². The molecular formula is C15H17FN2O. The van der Waals surface area contributed by atoms with Crippen LogP contribution < -0.4 is 10.5 Å². The Morgan fingerprint density at radius 3 is 2.74 bits per heavy atom. The topological polar surface area (TPSA) is 48.1 Å². The molecule has 0 fully saturated rings. The number of nitrogens with two attached hydrogens (primary N) is 1. The second-order valence-corrected chi connectivity index (χ2v) is 4.47. The zero-order chi connectivity index (χ0) is 13.8. The van der Waals surface area contributed by atoms with Crippen molar-refractivity contribution in [1.29, 1.82) is 0 Å². The van der Waals surface area contributed by atoms with E-state index >= 15 is 0 Å². The molecule has 100 valence electrons. The summed E-state index contributed by atoms with van der Waals surface area (Å²) in [7, 11) is 0. The molecule has 0 spiro atoms. The number of halogens is 1. The monoisotopic (exact) mass is 260 g/mol. The van der Waals surface area contributed by atoms with Gasteiger partial charge in [0.1, 0.15) is 5.75 Å². The average Bonchev–Trinajstić information content (AvgIpc) is 2.43. The minimum atomic E-state index is -0.389. The van der Waals surface area contributed by atoms with E-state index in [9.17, 15) is 4.39 Å². The number of nitrogens with zero attached hydrogens (tertiary/aromatic N) is 1. The lowest BCUT2D eigenvalue weighted by Crippen LogP contribution is -2.10. The van der Waals surface area contributed by atoms with Crippen molar-refractivity contribution in [2.75, 3.05) is 0 Å². The van der Waals surface area contributed by atoms with E-state index in [1.807, 2.05) is 13.8 Å². The highest BCUT2D eigenvalue weighted by Gasteiger charge is 2.07. The summed E-state index contributed by atoms with van der Waals surface area (Å²) >= 11 is 0. The van der Waals surface area contributed by atoms with Gasteiger partial charge < -0.3 is 10.5 Å². The van der Waals surface area contributed by atoms with Crippen LogP contribution in [-0.2, 0) is 0 Å². The van der Waals surface area contributed by atoms with E-state index in [-0.39, 0.29) is 17.6 Å². The fourth-order valence-electron chi connectivity index (χ4n) is 1.70. The Morgan fingerprint density at radius 1 is 1.32 bits per heavy atom. The van der Waals surface area contributed by atoms with Gasteiger partial charge in [0.05, 0.1) is 11.9 Å². The molecule has 1 aromatic carbocycles. The van der Waals surface area contributed by atoms with Crippen LogP contribution in [0.5, 0.6) is 11.5 Å². The van der Waals surface area contributed by atoms with E-state index in [4.69, 9.17) is 10.5 Å². The van der Waals surface area contributed by atoms with Crippen LogP contribution in [0.3, 0.4) is 0 Å². The van der Waals surface area contributed by atoms with Gasteiger partial charge in [-0.2, -0.15) is 0 Å². The first-order valence-corrected chi connectivity index (χ1v) is 6.25. The van der Waals surface area contributed by atoms with Crippen molar-refractivity contribution >= 4 is 0 Å². The molecule has 2 rings (SSSR count). The van der Waals surface area contributed by atoms with Crippen molar-refractivity contribution in [3.8, 4) is 11.5 Å². The van der Waals surface area contributed by atoms with Gasteiger partial charge in [-0.15, -0.1) is 0 Å². The molecule has 0 aliphatic carbocycles. The molecule has 2 aromatic rings. The molecule has 1 aromatic heterocycles. The number of rotatable bonds is 4. The molecule has 0 radical (unpaired) electrons. The molecule has 1 unspecified atom stereocenters. The van der Waals surface area contributed by atoms with Gasteiger partial charge >= 0.3 is 0 Å². The first kappa shape index (κ1) is 13.5. The number of hydrogen-bond acceptors (Lipinski definition) is 3.